The van der Waals surface area contributed by atoms with Gasteiger partial charge in [0.1, 0.15) is 0 Å². The number of hydrogen-bond donors (Lipinski definition) is 1. The minimum atomic E-state index is -5.08. The summed E-state index contributed by atoms with van der Waals surface area (Å²) in [4.78, 5) is 25.7. The van der Waals surface area contributed by atoms with Crippen LogP contribution >= 0.6 is 0 Å². The summed E-state index contributed by atoms with van der Waals surface area (Å²) in [6.07, 6.45) is -4.16. The van der Waals surface area contributed by atoms with E-state index >= 15 is 0 Å². The van der Waals surface area contributed by atoms with Gasteiger partial charge in [-0.15, -0.1) is 0 Å². The Balaban J connectivity index is 0.000000423. The van der Waals surface area contributed by atoms with Gasteiger partial charge in [-0.3, -0.25) is 4.79 Å². The van der Waals surface area contributed by atoms with Crippen molar-refractivity contribution in [3.8, 4) is 0 Å². The maximum Gasteiger partial charge on any atom is 0.490 e. The molecule has 1 aromatic rings. The second-order valence-corrected chi connectivity index (χ2v) is 7.75. The number of benzene rings is 1. The highest BCUT2D eigenvalue weighted by Gasteiger charge is 2.50. The molecule has 3 rings (SSSR count). The third-order valence-electron chi connectivity index (χ3n) is 5.78. The zero-order chi connectivity index (χ0) is 23.4. The van der Waals surface area contributed by atoms with Gasteiger partial charge in [-0.2, -0.15) is 13.2 Å². The number of amides is 1. The summed E-state index contributed by atoms with van der Waals surface area (Å²) < 4.78 is 63.6. The predicted molar refractivity (Wildman–Crippen MR) is 100 cm³/mol. The average molecular weight is 452 g/mol. The van der Waals surface area contributed by atoms with Crippen LogP contribution < -0.4 is 0 Å². The molecule has 2 aliphatic rings. The Hall–Kier alpha value is -2.27. The number of carbonyl (C=O) groups excluding carboxylic acids is 1. The minimum absolute atomic E-state index is 0.0419. The molecule has 2 heterocycles. The first kappa shape index (κ1) is 25.0. The summed E-state index contributed by atoms with van der Waals surface area (Å²) in [6, 6.07) is 3.35. The van der Waals surface area contributed by atoms with Crippen LogP contribution in [-0.4, -0.2) is 79.4 Å². The number of carboxylic acid groups (broad SMARTS) is 1. The Kier molecular flexibility index (Phi) is 7.98. The van der Waals surface area contributed by atoms with Crippen LogP contribution in [0, 0.1) is 23.0 Å². The number of nitrogens with zero attached hydrogens (tertiary/aromatic N) is 2. The molecule has 6 nitrogen and oxygen atoms in total. The molecule has 0 unspecified atom stereocenters. The molecule has 2 saturated heterocycles. The molecule has 1 spiro atoms. The van der Waals surface area contributed by atoms with E-state index in [1.54, 1.807) is 12.0 Å². The fourth-order valence-electron chi connectivity index (χ4n) is 4.16. The molecule has 0 radical (unpaired) electrons. The Morgan fingerprint density at radius 3 is 2.39 bits per heavy atom. The van der Waals surface area contributed by atoms with Gasteiger partial charge in [0.15, 0.2) is 11.6 Å². The quantitative estimate of drug-likeness (QED) is 0.712. The number of likely N-dealkylation sites (tertiary alicyclic amines) is 2. The Morgan fingerprint density at radius 2 is 1.87 bits per heavy atom. The van der Waals surface area contributed by atoms with Gasteiger partial charge in [0.05, 0.1) is 6.61 Å². The van der Waals surface area contributed by atoms with E-state index in [1.807, 2.05) is 0 Å². The van der Waals surface area contributed by atoms with Crippen molar-refractivity contribution in [2.75, 3.05) is 46.4 Å². The average Bonchev–Trinajstić information content (AvgIpc) is 3.28. The molecule has 0 aliphatic carbocycles. The molecule has 174 valence electrons. The van der Waals surface area contributed by atoms with E-state index in [2.05, 4.69) is 11.8 Å². The lowest BCUT2D eigenvalue weighted by molar-refractivity contribution is -0.192. The first-order valence-electron chi connectivity index (χ1n) is 9.69. The van der Waals surface area contributed by atoms with Crippen LogP contribution in [0.4, 0.5) is 22.0 Å². The van der Waals surface area contributed by atoms with Gasteiger partial charge in [0.2, 0.25) is 0 Å². The van der Waals surface area contributed by atoms with Crippen LogP contribution in [0.25, 0.3) is 0 Å². The SMILES string of the molecule is CCN1C[C@H](COC)[C@]2(CCN(C(=O)c3ccc(F)c(F)c3)C2)C1.O=C(O)C(F)(F)F. The summed E-state index contributed by atoms with van der Waals surface area (Å²) in [5.41, 5.74) is 0.250. The molecule has 1 N–H and O–H groups in total. The van der Waals surface area contributed by atoms with Gasteiger partial charge >= 0.3 is 12.1 Å². The van der Waals surface area contributed by atoms with Crippen molar-refractivity contribution >= 4 is 11.9 Å². The van der Waals surface area contributed by atoms with Gasteiger partial charge in [-0.1, -0.05) is 6.92 Å². The maximum absolute atomic E-state index is 13.4. The van der Waals surface area contributed by atoms with Crippen LogP contribution in [0.3, 0.4) is 0 Å². The molecule has 2 fully saturated rings. The topological polar surface area (TPSA) is 70.1 Å². The lowest BCUT2D eigenvalue weighted by atomic mass is 9.77. The standard InChI is InChI=1S/C18H24F2N2O2.C2HF3O2/c1-3-21-9-14(10-24-2)18(11-21)6-7-22(12-18)17(23)13-4-5-15(19)16(20)8-13;3-2(4,5)1(6)7/h4-5,8,14H,3,6-7,9-12H2,1-2H3;(H,6,7)/t14-,18-;/m1./s1. The minimum Gasteiger partial charge on any atom is -0.475 e. The molecule has 1 amide bonds. The van der Waals surface area contributed by atoms with Crippen LogP contribution in [0.15, 0.2) is 18.2 Å². The molecule has 0 bridgehead atoms. The monoisotopic (exact) mass is 452 g/mol. The zero-order valence-electron chi connectivity index (χ0n) is 17.2. The molecule has 2 atom stereocenters. The molecule has 31 heavy (non-hydrogen) atoms. The molecular weight excluding hydrogens is 427 g/mol. The Bertz CT molecular complexity index is 804. The van der Waals surface area contributed by atoms with Gasteiger partial charge in [0, 0.05) is 50.2 Å². The van der Waals surface area contributed by atoms with Crippen molar-refractivity contribution in [1.82, 2.24) is 9.80 Å². The fraction of sp³-hybridized carbons (Fsp3) is 0.600. The summed E-state index contributed by atoms with van der Waals surface area (Å²) in [5, 5.41) is 7.12. The largest absolute Gasteiger partial charge is 0.490 e. The molecular formula is C20H25F5N2O4. The third kappa shape index (κ3) is 5.91. The summed E-state index contributed by atoms with van der Waals surface area (Å²) in [5.74, 6) is -4.50. The van der Waals surface area contributed by atoms with Crippen molar-refractivity contribution in [3.05, 3.63) is 35.4 Å². The van der Waals surface area contributed by atoms with Crippen LogP contribution in [0.2, 0.25) is 0 Å². The molecule has 0 saturated carbocycles. The number of rotatable bonds is 4. The fourth-order valence-corrected chi connectivity index (χ4v) is 4.16. The van der Waals surface area contributed by atoms with Gasteiger partial charge in [-0.25, -0.2) is 13.6 Å². The lowest BCUT2D eigenvalue weighted by Gasteiger charge is -2.30. The number of ether oxygens (including phenoxy) is 1. The van der Waals surface area contributed by atoms with Crippen molar-refractivity contribution in [3.63, 3.8) is 0 Å². The highest BCUT2D eigenvalue weighted by molar-refractivity contribution is 5.94. The lowest BCUT2D eigenvalue weighted by Crippen LogP contribution is -2.38. The van der Waals surface area contributed by atoms with E-state index < -0.39 is 23.8 Å². The molecule has 2 aliphatic heterocycles. The highest BCUT2D eigenvalue weighted by Crippen LogP contribution is 2.44. The number of aliphatic carboxylic acids is 1. The second kappa shape index (κ2) is 9.90. The van der Waals surface area contributed by atoms with E-state index in [1.165, 1.54) is 6.07 Å². The van der Waals surface area contributed by atoms with Gasteiger partial charge in [0.25, 0.3) is 5.91 Å². The van der Waals surface area contributed by atoms with Crippen molar-refractivity contribution in [1.29, 1.82) is 0 Å². The van der Waals surface area contributed by atoms with E-state index in [0.29, 0.717) is 25.6 Å². The van der Waals surface area contributed by atoms with E-state index in [-0.39, 0.29) is 16.9 Å². The number of halogens is 5. The van der Waals surface area contributed by atoms with Crippen molar-refractivity contribution in [2.24, 2.45) is 11.3 Å². The Labute approximate surface area is 176 Å². The number of carbonyl (C=O) groups is 2. The Morgan fingerprint density at radius 1 is 1.23 bits per heavy atom. The highest BCUT2D eigenvalue weighted by atomic mass is 19.4. The number of alkyl halides is 3. The number of hydrogen-bond acceptors (Lipinski definition) is 4. The van der Waals surface area contributed by atoms with E-state index in [0.717, 1.165) is 38.2 Å². The summed E-state index contributed by atoms with van der Waals surface area (Å²) in [7, 11) is 1.71. The van der Waals surface area contributed by atoms with Gasteiger partial charge < -0.3 is 19.6 Å². The van der Waals surface area contributed by atoms with Crippen molar-refractivity contribution in [2.45, 2.75) is 19.5 Å². The first-order valence-corrected chi connectivity index (χ1v) is 9.69. The van der Waals surface area contributed by atoms with Crippen LogP contribution in [0.5, 0.6) is 0 Å². The smallest absolute Gasteiger partial charge is 0.475 e. The summed E-state index contributed by atoms with van der Waals surface area (Å²) in [6.45, 7) is 7.05. The maximum atomic E-state index is 13.4. The van der Waals surface area contributed by atoms with Crippen molar-refractivity contribution < 1.29 is 41.4 Å². The number of methoxy groups -OCH3 is 1. The second-order valence-electron chi connectivity index (χ2n) is 7.75. The normalized spacial score (nSPS) is 23.7. The van der Waals surface area contributed by atoms with Crippen LogP contribution in [0.1, 0.15) is 23.7 Å². The molecule has 1 aromatic carbocycles. The van der Waals surface area contributed by atoms with Gasteiger partial charge in [-0.05, 0) is 31.2 Å². The van der Waals surface area contributed by atoms with E-state index in [4.69, 9.17) is 14.6 Å². The third-order valence-corrected chi connectivity index (χ3v) is 5.78. The summed E-state index contributed by atoms with van der Waals surface area (Å²) >= 11 is 0. The first-order chi connectivity index (χ1) is 14.4. The molecule has 0 aromatic heterocycles. The van der Waals surface area contributed by atoms with Crippen LogP contribution in [-0.2, 0) is 9.53 Å². The van der Waals surface area contributed by atoms with E-state index in [9.17, 15) is 26.7 Å². The predicted octanol–water partition coefficient (Wildman–Crippen LogP) is 3.03. The molecule has 11 heteroatoms. The zero-order valence-corrected chi connectivity index (χ0v) is 17.2. The number of carboxylic acids is 1.